The maximum atomic E-state index is 10.5. The summed E-state index contributed by atoms with van der Waals surface area (Å²) in [5.41, 5.74) is 0. The van der Waals surface area contributed by atoms with E-state index in [1.165, 1.54) is 0 Å². The minimum absolute atomic E-state index is 0.803. The molecule has 0 saturated heterocycles. The molecule has 158 valence electrons. The lowest BCUT2D eigenvalue weighted by atomic mass is 10.1. The van der Waals surface area contributed by atoms with Gasteiger partial charge < -0.3 is 5.11 Å². The maximum absolute atomic E-state index is 10.5. The highest BCUT2D eigenvalue weighted by Crippen LogP contribution is 2.77. The van der Waals surface area contributed by atoms with Crippen molar-refractivity contribution in [1.29, 1.82) is 0 Å². The van der Waals surface area contributed by atoms with E-state index in [1.807, 2.05) is 0 Å². The van der Waals surface area contributed by atoms with E-state index in [2.05, 4.69) is 271 Å². The second-order valence-corrected chi connectivity index (χ2v) is 35.3. The Kier molecular flexibility index (Phi) is 14.2. The zero-order chi connectivity index (χ0) is 22.0. The number of aliphatic hydroxyl groups is 1. The summed E-state index contributed by atoms with van der Waals surface area (Å²) in [6.45, 7) is 0. The van der Waals surface area contributed by atoms with E-state index in [0.29, 0.717) is 0 Å². The van der Waals surface area contributed by atoms with Gasteiger partial charge in [-0.3, -0.25) is 0 Å². The van der Waals surface area contributed by atoms with Crippen molar-refractivity contribution in [2.24, 2.45) is 0 Å². The van der Waals surface area contributed by atoms with Crippen molar-refractivity contribution >= 4 is 271 Å². The van der Waals surface area contributed by atoms with Gasteiger partial charge >= 0.3 is 0 Å². The predicted octanol–water partition coefficient (Wildman–Crippen LogP) is 12.2. The quantitative estimate of drug-likeness (QED) is 0.263. The average molecular weight is 1470 g/mol. The van der Waals surface area contributed by atoms with Crippen LogP contribution in [0.5, 0.6) is 0 Å². The van der Waals surface area contributed by atoms with Crippen LogP contribution in [-0.4, -0.2) is 30.1 Å². The maximum Gasteiger partial charge on any atom is 0.202 e. The van der Waals surface area contributed by atoms with Gasteiger partial charge in [0.1, 0.15) is 16.2 Å². The molecule has 0 aromatic rings. The molecule has 0 saturated carbocycles. The molecule has 0 aliphatic carbocycles. The minimum Gasteiger partial charge on any atom is -0.368 e. The number of halogens is 17. The Balaban J connectivity index is 6.61. The van der Waals surface area contributed by atoms with Gasteiger partial charge in [-0.05, 0) is 31.9 Å². The molecule has 0 aliphatic rings. The molecule has 0 aromatic carbocycles. The molecule has 1 N–H and O–H groups in total. The van der Waals surface area contributed by atoms with E-state index >= 15 is 0 Å². The fourth-order valence-electron chi connectivity index (χ4n) is 1.16. The van der Waals surface area contributed by atoms with Crippen LogP contribution in [0.1, 0.15) is 0 Å². The van der Waals surface area contributed by atoms with E-state index in [1.54, 1.807) is 0 Å². The molecule has 0 bridgehead atoms. The summed E-state index contributed by atoms with van der Waals surface area (Å²) in [4.78, 5) is 0. The first-order valence-electron chi connectivity index (χ1n) is 5.19. The standard InChI is InChI=1S/C8HBr17O/c9-1(10,3(13,14)5(17,18)7(21,22)23)2(11,12)4(15,16)6(19,20)8(24,25)26/h26H. The smallest absolute Gasteiger partial charge is 0.202 e. The molecule has 18 heteroatoms. The lowest BCUT2D eigenvalue weighted by Gasteiger charge is -2.56. The van der Waals surface area contributed by atoms with E-state index in [4.69, 9.17) is 0 Å². The first kappa shape index (κ1) is 34.1. The van der Waals surface area contributed by atoms with Crippen LogP contribution < -0.4 is 0 Å². The average Bonchev–Trinajstić information content (AvgIpc) is 2.34. The second-order valence-electron chi connectivity index (χ2n) is 4.49. The van der Waals surface area contributed by atoms with Crippen molar-refractivity contribution in [2.75, 3.05) is 0 Å². The van der Waals surface area contributed by atoms with Gasteiger partial charge in [0.2, 0.25) is 3.42 Å². The Morgan fingerprint density at radius 1 is 0.308 bits per heavy atom. The van der Waals surface area contributed by atoms with E-state index in [9.17, 15) is 5.11 Å². The summed E-state index contributed by atoms with van der Waals surface area (Å²) in [5.74, 6) is 0. The zero-order valence-corrected chi connectivity index (χ0v) is 37.8. The van der Waals surface area contributed by atoms with Crippen LogP contribution in [0.2, 0.25) is 0 Å². The van der Waals surface area contributed by atoms with Crippen LogP contribution in [0.25, 0.3) is 0 Å². The third kappa shape index (κ3) is 6.15. The summed E-state index contributed by atoms with van der Waals surface area (Å²) < 4.78 is -8.79. The molecular weight excluding hydrogens is 1470 g/mol. The first-order valence-corrected chi connectivity index (χ1v) is 18.7. The summed E-state index contributed by atoms with van der Waals surface area (Å²) in [6.07, 6.45) is 0. The molecule has 0 aromatic heterocycles. The van der Waals surface area contributed by atoms with Gasteiger partial charge in [-0.1, -0.05) is 239 Å². The molecule has 0 atom stereocenters. The first-order chi connectivity index (χ1) is 10.8. The van der Waals surface area contributed by atoms with Crippen LogP contribution in [0.15, 0.2) is 0 Å². The number of alkyl halides is 17. The van der Waals surface area contributed by atoms with Gasteiger partial charge in [0.15, 0.2) is 5.38 Å². The highest BCUT2D eigenvalue weighted by Gasteiger charge is 2.77. The summed E-state index contributed by atoms with van der Waals surface area (Å²) >= 11 is 61.0. The normalized spacial score (nSPS) is 16.8. The SMILES string of the molecule is OC(Br)(Br)C(Br)(Br)C(Br)(Br)C(Br)(Br)C(Br)(Br)C(Br)(Br)C(Br)(Br)C(Br)(Br)Br. The third-order valence-electron chi connectivity index (χ3n) is 2.71. The molecular formula is C8HBr17O. The molecule has 0 aliphatic heterocycles. The fourth-order valence-corrected chi connectivity index (χ4v) is 15.5. The van der Waals surface area contributed by atoms with Gasteiger partial charge in [0.25, 0.3) is 0 Å². The van der Waals surface area contributed by atoms with Crippen LogP contribution >= 0.6 is 271 Å². The van der Waals surface area contributed by atoms with Crippen LogP contribution in [0.3, 0.4) is 0 Å². The molecule has 0 heterocycles. The third-order valence-corrected chi connectivity index (χ3v) is 35.9. The van der Waals surface area contributed by atoms with Crippen LogP contribution in [0, 0.1) is 0 Å². The van der Waals surface area contributed by atoms with E-state index in [0.717, 1.165) is 0 Å². The summed E-state index contributed by atoms with van der Waals surface area (Å²) in [7, 11) is 0. The lowest BCUT2D eigenvalue weighted by Crippen LogP contribution is -2.67. The Bertz CT molecular complexity index is 474. The molecule has 0 spiro atoms. The van der Waals surface area contributed by atoms with Crippen molar-refractivity contribution < 1.29 is 5.11 Å². The van der Waals surface area contributed by atoms with E-state index in [-0.39, 0.29) is 0 Å². The molecule has 26 heavy (non-hydrogen) atoms. The van der Waals surface area contributed by atoms with Crippen LogP contribution in [0.4, 0.5) is 0 Å². The van der Waals surface area contributed by atoms with Gasteiger partial charge in [0, 0.05) is 0 Å². The Hall–Kier alpha value is 8.12. The molecule has 0 amide bonds. The van der Waals surface area contributed by atoms with Crippen molar-refractivity contribution in [1.82, 2.24) is 0 Å². The predicted molar refractivity (Wildman–Crippen MR) is 176 cm³/mol. The largest absolute Gasteiger partial charge is 0.368 e. The lowest BCUT2D eigenvalue weighted by molar-refractivity contribution is 0.228. The zero-order valence-electron chi connectivity index (χ0n) is 10.9. The molecule has 0 fully saturated rings. The topological polar surface area (TPSA) is 20.2 Å². The number of hydrogen-bond acceptors (Lipinski definition) is 1. The van der Waals surface area contributed by atoms with Crippen LogP contribution in [-0.2, 0) is 0 Å². The van der Waals surface area contributed by atoms with Gasteiger partial charge in [0.05, 0.1) is 0 Å². The molecule has 0 rings (SSSR count). The van der Waals surface area contributed by atoms with Gasteiger partial charge in [-0.25, -0.2) is 0 Å². The number of hydrogen-bond donors (Lipinski definition) is 1. The van der Waals surface area contributed by atoms with Crippen molar-refractivity contribution in [3.63, 3.8) is 0 Å². The molecule has 0 radical (unpaired) electrons. The molecule has 0 unspecified atom stereocenters. The highest BCUT2D eigenvalue weighted by molar-refractivity contribution is 9.42. The van der Waals surface area contributed by atoms with Gasteiger partial charge in [-0.15, -0.1) is 0 Å². The van der Waals surface area contributed by atoms with E-state index < -0.39 is 25.0 Å². The molecule has 1 nitrogen and oxygen atoms in total. The Morgan fingerprint density at radius 2 is 0.500 bits per heavy atom. The van der Waals surface area contributed by atoms with Crippen molar-refractivity contribution in [3.05, 3.63) is 0 Å². The Morgan fingerprint density at radius 3 is 0.692 bits per heavy atom. The summed E-state index contributed by atoms with van der Waals surface area (Å²) in [5, 5.41) is 10.5. The minimum atomic E-state index is -1.58. The van der Waals surface area contributed by atoms with Gasteiger partial charge in [-0.2, -0.15) is 0 Å². The monoisotopic (exact) mass is 1450 g/mol. The summed E-state index contributed by atoms with van der Waals surface area (Å²) in [6, 6.07) is 0. The van der Waals surface area contributed by atoms with Crippen molar-refractivity contribution in [3.8, 4) is 0 Å². The second kappa shape index (κ2) is 10.8. The van der Waals surface area contributed by atoms with Crippen molar-refractivity contribution in [2.45, 2.75) is 25.0 Å². The number of rotatable bonds is 6. The Labute approximate surface area is 294 Å². The highest BCUT2D eigenvalue weighted by atomic mass is 80.0. The fraction of sp³-hybridized carbons (Fsp3) is 1.00.